The van der Waals surface area contributed by atoms with Crippen molar-refractivity contribution in [3.05, 3.63) is 48.3 Å². The number of hydrogen-bond acceptors (Lipinski definition) is 6. The second-order valence-electron chi connectivity index (χ2n) is 7.71. The Morgan fingerprint density at radius 1 is 1.07 bits per heavy atom. The third-order valence-corrected chi connectivity index (χ3v) is 5.60. The van der Waals surface area contributed by atoms with E-state index >= 15 is 0 Å². The number of benzene rings is 1. The first-order chi connectivity index (χ1) is 13.6. The number of nitrogens with zero attached hydrogens (tertiary/aromatic N) is 4. The smallest absolute Gasteiger partial charge is 0.233 e. The lowest BCUT2D eigenvalue weighted by Crippen LogP contribution is -2.42. The van der Waals surface area contributed by atoms with E-state index in [1.807, 2.05) is 43.5 Å². The Morgan fingerprint density at radius 2 is 1.89 bits per heavy atom. The van der Waals surface area contributed by atoms with Crippen LogP contribution in [0.15, 0.2) is 42.6 Å². The number of rotatable bonds is 4. The second kappa shape index (κ2) is 6.91. The van der Waals surface area contributed by atoms with Crippen LogP contribution in [0.2, 0.25) is 0 Å². The molecule has 28 heavy (non-hydrogen) atoms. The van der Waals surface area contributed by atoms with Crippen LogP contribution in [0.25, 0.3) is 16.9 Å². The van der Waals surface area contributed by atoms with E-state index in [9.17, 15) is 5.11 Å². The van der Waals surface area contributed by atoms with Crippen molar-refractivity contribution in [1.29, 1.82) is 0 Å². The molecule has 2 bridgehead atoms. The van der Waals surface area contributed by atoms with E-state index in [0.717, 1.165) is 24.2 Å². The molecule has 0 unspecified atom stereocenters. The molecule has 2 saturated heterocycles. The molecule has 7 nitrogen and oxygen atoms in total. The van der Waals surface area contributed by atoms with Crippen molar-refractivity contribution in [2.75, 3.05) is 0 Å². The van der Waals surface area contributed by atoms with E-state index in [1.165, 1.54) is 12.8 Å². The molecule has 0 aliphatic carbocycles. The predicted octanol–water partition coefficient (Wildman–Crippen LogP) is 3.01. The molecule has 0 amide bonds. The standard InChI is InChI=1S/C21H23N5O2/c1-13-8-9-26(25-13)16-4-5-18(20(27)12-16)19-6-7-21(24-23-19)28-17-10-14-2-3-15(11-17)22-14/h4-9,12,14-15,17,22,27H,2-3,10-11H2,1H3/t14-,15+,17-. The van der Waals surface area contributed by atoms with Gasteiger partial charge in [0.25, 0.3) is 0 Å². The molecule has 3 aromatic rings. The number of aromatic nitrogens is 4. The highest BCUT2D eigenvalue weighted by atomic mass is 16.5. The SMILES string of the molecule is Cc1ccn(-c2ccc(-c3ccc(O[C@@H]4C[C@H]5CC[C@@H](C4)N5)nn3)c(O)c2)n1. The summed E-state index contributed by atoms with van der Waals surface area (Å²) in [5.41, 5.74) is 2.96. The summed E-state index contributed by atoms with van der Waals surface area (Å²) in [6, 6.07) is 12.1. The molecule has 0 saturated carbocycles. The minimum absolute atomic E-state index is 0.142. The van der Waals surface area contributed by atoms with Gasteiger partial charge in [0.1, 0.15) is 11.9 Å². The molecule has 2 N–H and O–H groups in total. The van der Waals surface area contributed by atoms with Gasteiger partial charge in [-0.05, 0) is 56.9 Å². The highest BCUT2D eigenvalue weighted by Gasteiger charge is 2.34. The molecule has 0 spiro atoms. The lowest BCUT2D eigenvalue weighted by atomic mass is 10.0. The maximum atomic E-state index is 10.5. The molecular weight excluding hydrogens is 354 g/mol. The summed E-state index contributed by atoms with van der Waals surface area (Å²) in [5.74, 6) is 0.682. The third-order valence-electron chi connectivity index (χ3n) is 5.60. The maximum absolute atomic E-state index is 10.5. The van der Waals surface area contributed by atoms with Crippen molar-refractivity contribution >= 4 is 0 Å². The number of hydrogen-bond donors (Lipinski definition) is 2. The highest BCUT2D eigenvalue weighted by molar-refractivity contribution is 5.68. The van der Waals surface area contributed by atoms with E-state index < -0.39 is 0 Å². The summed E-state index contributed by atoms with van der Waals surface area (Å²) >= 11 is 0. The van der Waals surface area contributed by atoms with Gasteiger partial charge in [0.15, 0.2) is 0 Å². The van der Waals surface area contributed by atoms with E-state index in [-0.39, 0.29) is 11.9 Å². The van der Waals surface area contributed by atoms with Crippen LogP contribution in [0.5, 0.6) is 11.6 Å². The van der Waals surface area contributed by atoms with E-state index in [4.69, 9.17) is 4.74 Å². The minimum atomic E-state index is 0.142. The maximum Gasteiger partial charge on any atom is 0.233 e. The third kappa shape index (κ3) is 3.33. The van der Waals surface area contributed by atoms with Crippen LogP contribution < -0.4 is 10.1 Å². The number of nitrogens with one attached hydrogen (secondary N) is 1. The predicted molar refractivity (Wildman–Crippen MR) is 105 cm³/mol. The van der Waals surface area contributed by atoms with Gasteiger partial charge in [-0.25, -0.2) is 4.68 Å². The number of fused-ring (bicyclic) bond motifs is 2. The zero-order valence-electron chi connectivity index (χ0n) is 15.7. The molecule has 1 aromatic carbocycles. The van der Waals surface area contributed by atoms with Crippen LogP contribution in [-0.4, -0.2) is 43.3 Å². The normalized spacial score (nSPS) is 23.7. The fourth-order valence-corrected chi connectivity index (χ4v) is 4.24. The Bertz CT molecular complexity index is 973. The fraction of sp³-hybridized carbons (Fsp3) is 0.381. The molecule has 2 aliphatic heterocycles. The van der Waals surface area contributed by atoms with Crippen molar-refractivity contribution in [3.8, 4) is 28.6 Å². The van der Waals surface area contributed by atoms with Crippen molar-refractivity contribution < 1.29 is 9.84 Å². The van der Waals surface area contributed by atoms with Gasteiger partial charge in [0.2, 0.25) is 5.88 Å². The zero-order valence-corrected chi connectivity index (χ0v) is 15.7. The van der Waals surface area contributed by atoms with Gasteiger partial charge < -0.3 is 15.2 Å². The van der Waals surface area contributed by atoms with E-state index in [1.54, 1.807) is 10.7 Å². The van der Waals surface area contributed by atoms with Gasteiger partial charge >= 0.3 is 0 Å². The summed E-state index contributed by atoms with van der Waals surface area (Å²) in [6.07, 6.45) is 6.59. The number of phenols is 1. The monoisotopic (exact) mass is 377 g/mol. The van der Waals surface area contributed by atoms with Gasteiger partial charge in [-0.3, -0.25) is 0 Å². The number of ether oxygens (including phenoxy) is 1. The van der Waals surface area contributed by atoms with Gasteiger partial charge in [0, 0.05) is 36.0 Å². The Balaban J connectivity index is 1.31. The van der Waals surface area contributed by atoms with Crippen LogP contribution in [0.4, 0.5) is 0 Å². The van der Waals surface area contributed by atoms with E-state index in [0.29, 0.717) is 29.2 Å². The van der Waals surface area contributed by atoms with Gasteiger partial charge in [-0.15, -0.1) is 10.2 Å². The number of aryl methyl sites for hydroxylation is 1. The van der Waals surface area contributed by atoms with Crippen molar-refractivity contribution in [2.45, 2.75) is 50.8 Å². The number of aromatic hydroxyl groups is 1. The lowest BCUT2D eigenvalue weighted by molar-refractivity contribution is 0.130. The van der Waals surface area contributed by atoms with Crippen LogP contribution in [0, 0.1) is 6.92 Å². The largest absolute Gasteiger partial charge is 0.507 e. The van der Waals surface area contributed by atoms with Crippen LogP contribution in [-0.2, 0) is 0 Å². The Morgan fingerprint density at radius 3 is 2.54 bits per heavy atom. The molecule has 0 radical (unpaired) electrons. The summed E-state index contributed by atoms with van der Waals surface area (Å²) < 4.78 is 7.78. The molecule has 2 aromatic heterocycles. The van der Waals surface area contributed by atoms with Crippen LogP contribution >= 0.6 is 0 Å². The molecule has 7 heteroatoms. The van der Waals surface area contributed by atoms with Crippen molar-refractivity contribution in [2.24, 2.45) is 0 Å². The van der Waals surface area contributed by atoms with E-state index in [2.05, 4.69) is 20.6 Å². The first kappa shape index (κ1) is 17.2. The van der Waals surface area contributed by atoms with Crippen molar-refractivity contribution in [1.82, 2.24) is 25.3 Å². The zero-order chi connectivity index (χ0) is 19.1. The summed E-state index contributed by atoms with van der Waals surface area (Å²) in [7, 11) is 0. The molecule has 5 rings (SSSR count). The molecule has 3 atom stereocenters. The Kier molecular flexibility index (Phi) is 4.24. The average molecular weight is 377 g/mol. The molecular formula is C21H23N5O2. The van der Waals surface area contributed by atoms with Crippen LogP contribution in [0.1, 0.15) is 31.4 Å². The topological polar surface area (TPSA) is 85.1 Å². The average Bonchev–Trinajstić information content (AvgIpc) is 3.27. The quantitative estimate of drug-likeness (QED) is 0.727. The van der Waals surface area contributed by atoms with Crippen molar-refractivity contribution in [3.63, 3.8) is 0 Å². The Hall–Kier alpha value is -2.93. The number of piperidine rings is 1. The molecule has 144 valence electrons. The summed E-state index contributed by atoms with van der Waals surface area (Å²) in [5, 5.41) is 26.9. The molecule has 2 fully saturated rings. The Labute approximate surface area is 163 Å². The first-order valence-electron chi connectivity index (χ1n) is 9.76. The molecule has 2 aliphatic rings. The summed E-state index contributed by atoms with van der Waals surface area (Å²) in [6.45, 7) is 1.93. The fourth-order valence-electron chi connectivity index (χ4n) is 4.24. The second-order valence-corrected chi connectivity index (χ2v) is 7.71. The van der Waals surface area contributed by atoms with Gasteiger partial charge in [-0.1, -0.05) is 0 Å². The van der Waals surface area contributed by atoms with Gasteiger partial charge in [-0.2, -0.15) is 5.10 Å². The summed E-state index contributed by atoms with van der Waals surface area (Å²) in [4.78, 5) is 0. The minimum Gasteiger partial charge on any atom is -0.507 e. The molecule has 4 heterocycles. The lowest BCUT2D eigenvalue weighted by Gasteiger charge is -2.28. The number of phenolic OH excluding ortho intramolecular Hbond substituents is 1. The highest BCUT2D eigenvalue weighted by Crippen LogP contribution is 2.31. The van der Waals surface area contributed by atoms with Crippen LogP contribution in [0.3, 0.4) is 0 Å². The van der Waals surface area contributed by atoms with Gasteiger partial charge in [0.05, 0.1) is 17.1 Å². The first-order valence-corrected chi connectivity index (χ1v) is 9.76.